The van der Waals surface area contributed by atoms with Gasteiger partial charge in [0, 0.05) is 19.3 Å². The van der Waals surface area contributed by atoms with E-state index in [1.165, 1.54) is 186 Å². The van der Waals surface area contributed by atoms with Crippen molar-refractivity contribution in [3.8, 4) is 0 Å². The highest BCUT2D eigenvalue weighted by Crippen LogP contribution is 2.16. The fourth-order valence-corrected chi connectivity index (χ4v) is 8.24. The number of carbonyl (C=O) groups is 3. The molecule has 0 saturated carbocycles. The van der Waals surface area contributed by atoms with Crippen molar-refractivity contribution in [1.29, 1.82) is 0 Å². The standard InChI is InChI=1S/C57H106O6/c1-4-7-10-13-16-19-22-24-26-28-29-31-32-35-38-41-44-47-50-56(59)62-53-54(52-61-55(58)49-46-43-40-37-34-21-18-15-12-9-6-3)63-57(60)51-48-45-42-39-36-33-30-27-25-23-20-17-14-11-8-5-2/h20,23,27,30,54H,4-19,21-22,24-26,28-29,31-53H2,1-3H3/b23-20-,30-27-. The van der Waals surface area contributed by atoms with Crippen LogP contribution in [0.4, 0.5) is 0 Å². The van der Waals surface area contributed by atoms with Crippen molar-refractivity contribution in [3.05, 3.63) is 24.3 Å². The van der Waals surface area contributed by atoms with Crippen molar-refractivity contribution < 1.29 is 28.6 Å². The minimum absolute atomic E-state index is 0.0718. The van der Waals surface area contributed by atoms with Crippen LogP contribution in [0.25, 0.3) is 0 Å². The highest BCUT2D eigenvalue weighted by Gasteiger charge is 2.19. The Labute approximate surface area is 392 Å². The summed E-state index contributed by atoms with van der Waals surface area (Å²) < 4.78 is 16.8. The van der Waals surface area contributed by atoms with Gasteiger partial charge in [0.25, 0.3) is 0 Å². The van der Waals surface area contributed by atoms with E-state index in [-0.39, 0.29) is 31.1 Å². The molecule has 0 radical (unpaired) electrons. The van der Waals surface area contributed by atoms with Crippen molar-refractivity contribution in [3.63, 3.8) is 0 Å². The molecular weight excluding hydrogens is 781 g/mol. The lowest BCUT2D eigenvalue weighted by Crippen LogP contribution is -2.30. The SMILES string of the molecule is CCCCCC/C=C\C/C=C\CCCCCCCC(=O)OC(COC(=O)CCCCCCCCCCCCC)COC(=O)CCCCCCCCCCCCCCCCCCCC. The van der Waals surface area contributed by atoms with Crippen LogP contribution in [0.2, 0.25) is 0 Å². The average Bonchev–Trinajstić information content (AvgIpc) is 3.28. The number of unbranched alkanes of at least 4 members (excludes halogenated alkanes) is 36. The lowest BCUT2D eigenvalue weighted by molar-refractivity contribution is -0.167. The molecule has 0 aromatic rings. The average molecular weight is 887 g/mol. The molecule has 370 valence electrons. The van der Waals surface area contributed by atoms with Gasteiger partial charge in [0.2, 0.25) is 0 Å². The molecule has 0 amide bonds. The van der Waals surface area contributed by atoms with Crippen molar-refractivity contribution in [2.24, 2.45) is 0 Å². The second-order valence-corrected chi connectivity index (χ2v) is 18.9. The van der Waals surface area contributed by atoms with E-state index >= 15 is 0 Å². The Hall–Kier alpha value is -2.11. The Balaban J connectivity index is 4.31. The number of ether oxygens (including phenoxy) is 3. The number of carbonyl (C=O) groups excluding carboxylic acids is 3. The van der Waals surface area contributed by atoms with Gasteiger partial charge in [-0.05, 0) is 51.4 Å². The molecule has 0 aliphatic carbocycles. The molecule has 1 atom stereocenters. The van der Waals surface area contributed by atoms with Crippen LogP contribution in [0, 0.1) is 0 Å². The molecule has 63 heavy (non-hydrogen) atoms. The van der Waals surface area contributed by atoms with Gasteiger partial charge in [-0.1, -0.05) is 257 Å². The summed E-state index contributed by atoms with van der Waals surface area (Å²) in [5.74, 6) is -0.868. The van der Waals surface area contributed by atoms with Crippen molar-refractivity contribution in [1.82, 2.24) is 0 Å². The van der Waals surface area contributed by atoms with E-state index < -0.39 is 6.10 Å². The first kappa shape index (κ1) is 60.9. The summed E-state index contributed by atoms with van der Waals surface area (Å²) in [7, 11) is 0. The Morgan fingerprint density at radius 1 is 0.317 bits per heavy atom. The number of hydrogen-bond acceptors (Lipinski definition) is 6. The highest BCUT2D eigenvalue weighted by atomic mass is 16.6. The molecule has 0 aliphatic heterocycles. The molecule has 6 nitrogen and oxygen atoms in total. The molecule has 0 rings (SSSR count). The van der Waals surface area contributed by atoms with Crippen LogP contribution in [-0.2, 0) is 28.6 Å². The maximum absolute atomic E-state index is 12.8. The third kappa shape index (κ3) is 50.7. The van der Waals surface area contributed by atoms with Gasteiger partial charge in [0.05, 0.1) is 0 Å². The van der Waals surface area contributed by atoms with E-state index in [4.69, 9.17) is 14.2 Å². The van der Waals surface area contributed by atoms with Gasteiger partial charge in [0.1, 0.15) is 13.2 Å². The first-order chi connectivity index (χ1) is 31.0. The van der Waals surface area contributed by atoms with Crippen LogP contribution in [0.15, 0.2) is 24.3 Å². The summed E-state index contributed by atoms with van der Waals surface area (Å²) in [5, 5.41) is 0. The van der Waals surface area contributed by atoms with Gasteiger partial charge < -0.3 is 14.2 Å². The third-order valence-corrected chi connectivity index (χ3v) is 12.5. The summed E-state index contributed by atoms with van der Waals surface area (Å²) in [6, 6.07) is 0. The van der Waals surface area contributed by atoms with E-state index in [0.717, 1.165) is 77.0 Å². The number of rotatable bonds is 51. The minimum Gasteiger partial charge on any atom is -0.462 e. The summed E-state index contributed by atoms with van der Waals surface area (Å²) in [5.41, 5.74) is 0. The van der Waals surface area contributed by atoms with E-state index in [1.807, 2.05) is 0 Å². The zero-order chi connectivity index (χ0) is 45.8. The monoisotopic (exact) mass is 887 g/mol. The minimum atomic E-state index is -0.772. The Morgan fingerprint density at radius 3 is 0.889 bits per heavy atom. The molecule has 0 fully saturated rings. The fourth-order valence-electron chi connectivity index (χ4n) is 8.24. The zero-order valence-electron chi connectivity index (χ0n) is 42.4. The topological polar surface area (TPSA) is 78.9 Å². The lowest BCUT2D eigenvalue weighted by Gasteiger charge is -2.18. The van der Waals surface area contributed by atoms with E-state index in [9.17, 15) is 14.4 Å². The molecule has 1 unspecified atom stereocenters. The molecule has 0 aromatic carbocycles. The second-order valence-electron chi connectivity index (χ2n) is 18.9. The van der Waals surface area contributed by atoms with Crippen LogP contribution in [0.1, 0.15) is 303 Å². The number of hydrogen-bond donors (Lipinski definition) is 0. The molecule has 0 saturated heterocycles. The maximum atomic E-state index is 12.8. The largest absolute Gasteiger partial charge is 0.462 e. The molecule has 0 aliphatic rings. The van der Waals surface area contributed by atoms with Crippen molar-refractivity contribution in [2.75, 3.05) is 13.2 Å². The summed E-state index contributed by atoms with van der Waals surface area (Å²) >= 11 is 0. The molecule has 0 spiro atoms. The molecule has 0 heterocycles. The fraction of sp³-hybridized carbons (Fsp3) is 0.877. The third-order valence-electron chi connectivity index (χ3n) is 12.5. The van der Waals surface area contributed by atoms with Gasteiger partial charge in [-0.2, -0.15) is 0 Å². The van der Waals surface area contributed by atoms with E-state index in [0.29, 0.717) is 19.3 Å². The Bertz CT molecular complexity index is 1020. The van der Waals surface area contributed by atoms with Gasteiger partial charge in [0.15, 0.2) is 6.10 Å². The molecule has 0 N–H and O–H groups in total. The van der Waals surface area contributed by atoms with Gasteiger partial charge >= 0.3 is 17.9 Å². The first-order valence-electron chi connectivity index (χ1n) is 27.8. The summed E-state index contributed by atoms with van der Waals surface area (Å²) in [6.45, 7) is 6.64. The van der Waals surface area contributed by atoms with Gasteiger partial charge in [-0.15, -0.1) is 0 Å². The number of esters is 3. The Morgan fingerprint density at radius 2 is 0.571 bits per heavy atom. The maximum Gasteiger partial charge on any atom is 0.306 e. The quantitative estimate of drug-likeness (QED) is 0.0262. The molecule has 0 bridgehead atoms. The van der Waals surface area contributed by atoms with Gasteiger partial charge in [-0.25, -0.2) is 0 Å². The zero-order valence-corrected chi connectivity index (χ0v) is 42.4. The smallest absolute Gasteiger partial charge is 0.306 e. The first-order valence-corrected chi connectivity index (χ1v) is 27.8. The summed E-state index contributed by atoms with van der Waals surface area (Å²) in [6.07, 6.45) is 60.2. The Kier molecular flexibility index (Phi) is 50.8. The van der Waals surface area contributed by atoms with Crippen LogP contribution in [0.3, 0.4) is 0 Å². The molecule has 0 aromatic heterocycles. The van der Waals surface area contributed by atoms with Crippen molar-refractivity contribution >= 4 is 17.9 Å². The highest BCUT2D eigenvalue weighted by molar-refractivity contribution is 5.71. The normalized spacial score (nSPS) is 12.1. The van der Waals surface area contributed by atoms with Crippen LogP contribution < -0.4 is 0 Å². The summed E-state index contributed by atoms with van der Waals surface area (Å²) in [4.78, 5) is 38.0. The van der Waals surface area contributed by atoms with Crippen molar-refractivity contribution in [2.45, 2.75) is 309 Å². The predicted octanol–water partition coefficient (Wildman–Crippen LogP) is 18.3. The van der Waals surface area contributed by atoms with Crippen LogP contribution in [0.5, 0.6) is 0 Å². The molecule has 6 heteroatoms. The number of allylic oxidation sites excluding steroid dienone is 4. The van der Waals surface area contributed by atoms with E-state index in [1.54, 1.807) is 0 Å². The van der Waals surface area contributed by atoms with Crippen LogP contribution >= 0.6 is 0 Å². The lowest BCUT2D eigenvalue weighted by atomic mass is 10.0. The molecular formula is C57H106O6. The second kappa shape index (κ2) is 52.5. The van der Waals surface area contributed by atoms with Gasteiger partial charge in [-0.3, -0.25) is 14.4 Å². The van der Waals surface area contributed by atoms with Crippen LogP contribution in [-0.4, -0.2) is 37.2 Å². The predicted molar refractivity (Wildman–Crippen MR) is 270 cm³/mol. The van der Waals surface area contributed by atoms with E-state index in [2.05, 4.69) is 45.1 Å².